The van der Waals surface area contributed by atoms with Crippen LogP contribution in [0.2, 0.25) is 0 Å². The molecule has 4 nitrogen and oxygen atoms in total. The molecule has 3 atom stereocenters. The summed E-state index contributed by atoms with van der Waals surface area (Å²) in [7, 11) is 0. The maximum Gasteiger partial charge on any atom is 0.157 e. The standard InChI is InChI=1S/C18H26O4/c1-11(2)14-5-4-12(3)8-15(14)18-16(20)9-13(10-17(18)21)22-7-6-19/h6,9-12,14-15,20-21H,4-5,7-8H2,1-3H3. The van der Waals surface area contributed by atoms with Gasteiger partial charge in [0.2, 0.25) is 0 Å². The summed E-state index contributed by atoms with van der Waals surface area (Å²) in [5.41, 5.74) is 0.628. The van der Waals surface area contributed by atoms with E-state index in [-0.39, 0.29) is 24.0 Å². The van der Waals surface area contributed by atoms with Gasteiger partial charge < -0.3 is 14.9 Å². The molecule has 0 amide bonds. The summed E-state index contributed by atoms with van der Waals surface area (Å²) in [6.45, 7) is 6.53. The number of rotatable bonds is 5. The number of carbonyl (C=O) groups is 1. The second-order valence-corrected chi connectivity index (χ2v) is 6.79. The van der Waals surface area contributed by atoms with E-state index in [0.717, 1.165) is 12.8 Å². The minimum absolute atomic E-state index is 0.0608. The van der Waals surface area contributed by atoms with Crippen molar-refractivity contribution in [1.29, 1.82) is 0 Å². The van der Waals surface area contributed by atoms with Crippen LogP contribution in [0.15, 0.2) is 12.1 Å². The first-order valence-corrected chi connectivity index (χ1v) is 8.06. The maximum atomic E-state index is 10.4. The van der Waals surface area contributed by atoms with Crippen molar-refractivity contribution < 1.29 is 19.7 Å². The highest BCUT2D eigenvalue weighted by Gasteiger charge is 2.35. The summed E-state index contributed by atoms with van der Waals surface area (Å²) in [6.07, 6.45) is 3.92. The van der Waals surface area contributed by atoms with Crippen molar-refractivity contribution in [2.75, 3.05) is 6.61 Å². The molecule has 0 aliphatic heterocycles. The molecule has 1 aromatic rings. The van der Waals surface area contributed by atoms with Crippen LogP contribution in [-0.4, -0.2) is 23.1 Å². The van der Waals surface area contributed by atoms with E-state index in [0.29, 0.717) is 35.4 Å². The zero-order valence-corrected chi connectivity index (χ0v) is 13.6. The van der Waals surface area contributed by atoms with E-state index in [1.54, 1.807) is 0 Å². The van der Waals surface area contributed by atoms with Crippen molar-refractivity contribution in [2.45, 2.75) is 46.0 Å². The van der Waals surface area contributed by atoms with E-state index >= 15 is 0 Å². The highest BCUT2D eigenvalue weighted by molar-refractivity contribution is 5.54. The summed E-state index contributed by atoms with van der Waals surface area (Å²) in [5.74, 6) is 2.14. The van der Waals surface area contributed by atoms with Crippen molar-refractivity contribution in [3.05, 3.63) is 17.7 Å². The minimum Gasteiger partial charge on any atom is -0.507 e. The van der Waals surface area contributed by atoms with E-state index < -0.39 is 0 Å². The first kappa shape index (κ1) is 16.7. The maximum absolute atomic E-state index is 10.4. The van der Waals surface area contributed by atoms with Crippen LogP contribution >= 0.6 is 0 Å². The Bertz CT molecular complexity index is 501. The predicted octanol–water partition coefficient (Wildman–Crippen LogP) is 3.85. The lowest BCUT2D eigenvalue weighted by Crippen LogP contribution is -2.26. The number of phenolic OH excluding ortho intramolecular Hbond substituents is 2. The Kier molecular flexibility index (Phi) is 5.33. The molecular formula is C18H26O4. The fourth-order valence-corrected chi connectivity index (χ4v) is 3.73. The molecule has 0 saturated heterocycles. The van der Waals surface area contributed by atoms with Crippen molar-refractivity contribution in [3.63, 3.8) is 0 Å². The van der Waals surface area contributed by atoms with Gasteiger partial charge >= 0.3 is 0 Å². The molecule has 0 heterocycles. The molecule has 1 aliphatic rings. The van der Waals surface area contributed by atoms with Gasteiger partial charge in [0.25, 0.3) is 0 Å². The zero-order chi connectivity index (χ0) is 16.3. The molecule has 1 aromatic carbocycles. The Morgan fingerprint density at radius 3 is 2.45 bits per heavy atom. The first-order chi connectivity index (χ1) is 10.4. The molecule has 0 radical (unpaired) electrons. The number of carbonyl (C=O) groups excluding carboxylic acids is 1. The molecule has 22 heavy (non-hydrogen) atoms. The number of aromatic hydroxyl groups is 2. The van der Waals surface area contributed by atoms with Crippen molar-refractivity contribution in [3.8, 4) is 17.2 Å². The van der Waals surface area contributed by atoms with Gasteiger partial charge in [0.05, 0.1) is 0 Å². The largest absolute Gasteiger partial charge is 0.507 e. The molecule has 1 saturated carbocycles. The van der Waals surface area contributed by atoms with Gasteiger partial charge in [-0.25, -0.2) is 0 Å². The third-order valence-electron chi connectivity index (χ3n) is 4.82. The lowest BCUT2D eigenvalue weighted by molar-refractivity contribution is -0.109. The van der Waals surface area contributed by atoms with Crippen molar-refractivity contribution in [1.82, 2.24) is 0 Å². The second-order valence-electron chi connectivity index (χ2n) is 6.79. The van der Waals surface area contributed by atoms with Crippen LogP contribution in [0.1, 0.15) is 51.5 Å². The van der Waals surface area contributed by atoms with E-state index in [1.165, 1.54) is 18.6 Å². The summed E-state index contributed by atoms with van der Waals surface area (Å²) in [4.78, 5) is 10.4. The molecule has 1 fully saturated rings. The van der Waals surface area contributed by atoms with Crippen LogP contribution in [0.4, 0.5) is 0 Å². The van der Waals surface area contributed by atoms with E-state index in [1.807, 2.05) is 0 Å². The van der Waals surface area contributed by atoms with Crippen molar-refractivity contribution in [2.24, 2.45) is 17.8 Å². The zero-order valence-electron chi connectivity index (χ0n) is 13.6. The van der Waals surface area contributed by atoms with Gasteiger partial charge in [-0.3, -0.25) is 4.79 Å². The van der Waals surface area contributed by atoms with Crippen LogP contribution in [0, 0.1) is 17.8 Å². The fourth-order valence-electron chi connectivity index (χ4n) is 3.73. The summed E-state index contributed by atoms with van der Waals surface area (Å²) in [5, 5.41) is 20.8. The van der Waals surface area contributed by atoms with Gasteiger partial charge in [0, 0.05) is 17.7 Å². The quantitative estimate of drug-likeness (QED) is 0.811. The van der Waals surface area contributed by atoms with Crippen LogP contribution in [0.25, 0.3) is 0 Å². The Balaban J connectivity index is 2.34. The summed E-state index contributed by atoms with van der Waals surface area (Å²) < 4.78 is 5.17. The second kappa shape index (κ2) is 7.03. The number of ether oxygens (including phenoxy) is 1. The van der Waals surface area contributed by atoms with Gasteiger partial charge in [-0.05, 0) is 36.5 Å². The smallest absolute Gasteiger partial charge is 0.157 e. The molecule has 2 rings (SSSR count). The van der Waals surface area contributed by atoms with E-state index in [2.05, 4.69) is 20.8 Å². The van der Waals surface area contributed by atoms with Crippen LogP contribution < -0.4 is 4.74 Å². The number of benzene rings is 1. The average Bonchev–Trinajstić information content (AvgIpc) is 2.44. The molecular weight excluding hydrogens is 280 g/mol. The molecule has 3 unspecified atom stereocenters. The summed E-state index contributed by atoms with van der Waals surface area (Å²) >= 11 is 0. The monoisotopic (exact) mass is 306 g/mol. The normalized spacial score (nSPS) is 25.2. The van der Waals surface area contributed by atoms with Gasteiger partial charge in [-0.2, -0.15) is 0 Å². The molecule has 0 bridgehead atoms. The summed E-state index contributed by atoms with van der Waals surface area (Å²) in [6, 6.07) is 2.99. The average molecular weight is 306 g/mol. The molecule has 2 N–H and O–H groups in total. The van der Waals surface area contributed by atoms with Gasteiger partial charge in [-0.15, -0.1) is 0 Å². The third-order valence-corrected chi connectivity index (χ3v) is 4.82. The van der Waals surface area contributed by atoms with E-state index in [9.17, 15) is 15.0 Å². The number of hydrogen-bond donors (Lipinski definition) is 2. The van der Waals surface area contributed by atoms with E-state index in [4.69, 9.17) is 4.74 Å². The Labute approximate surface area is 132 Å². The molecule has 122 valence electrons. The lowest BCUT2D eigenvalue weighted by Gasteiger charge is -2.38. The van der Waals surface area contributed by atoms with Crippen LogP contribution in [0.3, 0.4) is 0 Å². The van der Waals surface area contributed by atoms with Gasteiger partial charge in [0.15, 0.2) is 6.29 Å². The highest BCUT2D eigenvalue weighted by atomic mass is 16.5. The van der Waals surface area contributed by atoms with Gasteiger partial charge in [-0.1, -0.05) is 27.2 Å². The lowest BCUT2D eigenvalue weighted by atomic mass is 9.67. The van der Waals surface area contributed by atoms with Gasteiger partial charge in [0.1, 0.15) is 23.9 Å². The van der Waals surface area contributed by atoms with Crippen LogP contribution in [-0.2, 0) is 4.79 Å². The first-order valence-electron chi connectivity index (χ1n) is 8.06. The Morgan fingerprint density at radius 2 is 1.91 bits per heavy atom. The number of phenols is 2. The minimum atomic E-state index is -0.0900. The predicted molar refractivity (Wildman–Crippen MR) is 85.4 cm³/mol. The third kappa shape index (κ3) is 3.54. The molecule has 1 aliphatic carbocycles. The highest BCUT2D eigenvalue weighted by Crippen LogP contribution is 2.50. The fraction of sp³-hybridized carbons (Fsp3) is 0.611. The topological polar surface area (TPSA) is 66.8 Å². The van der Waals surface area contributed by atoms with Crippen molar-refractivity contribution >= 4 is 6.29 Å². The number of hydrogen-bond acceptors (Lipinski definition) is 4. The van der Waals surface area contributed by atoms with Crippen LogP contribution in [0.5, 0.6) is 17.2 Å². The Hall–Kier alpha value is -1.71. The SMILES string of the molecule is CC1CCC(C(C)C)C(c2c(O)cc(OCC=O)cc2O)C1. The Morgan fingerprint density at radius 1 is 1.27 bits per heavy atom. The molecule has 4 heteroatoms. The molecule has 0 aromatic heterocycles. The molecule has 0 spiro atoms. The number of aldehydes is 1.